The number of rotatable bonds is 7. The molecule has 0 spiro atoms. The molecule has 2 aromatic carbocycles. The number of carbonyl (C=O) groups is 1. The van der Waals surface area contributed by atoms with Crippen LogP contribution in [-0.2, 0) is 11.3 Å². The van der Waals surface area contributed by atoms with E-state index >= 15 is 0 Å². The first-order chi connectivity index (χ1) is 15.1. The molecule has 31 heavy (non-hydrogen) atoms. The minimum atomic E-state index is -0.315. The summed E-state index contributed by atoms with van der Waals surface area (Å²) < 4.78 is 18.3. The predicted molar refractivity (Wildman–Crippen MR) is 121 cm³/mol. The maximum Gasteiger partial charge on any atom is 0.238 e. The van der Waals surface area contributed by atoms with Gasteiger partial charge in [-0.25, -0.2) is 9.37 Å². The maximum atomic E-state index is 13.0. The van der Waals surface area contributed by atoms with Crippen LogP contribution in [0, 0.1) is 5.82 Å². The number of nitrogens with zero attached hydrogens (tertiary/aromatic N) is 3. The first-order valence-corrected chi connectivity index (χ1v) is 11.1. The average molecular weight is 441 g/mol. The number of methoxy groups -OCH3 is 1. The van der Waals surface area contributed by atoms with E-state index in [1.165, 1.54) is 12.1 Å². The molecule has 1 aliphatic heterocycles. The maximum absolute atomic E-state index is 13.0. The number of carbonyl (C=O) groups excluding carboxylic acids is 1. The zero-order valence-electron chi connectivity index (χ0n) is 17.4. The molecule has 2 heterocycles. The van der Waals surface area contributed by atoms with Crippen LogP contribution in [0.25, 0.3) is 10.6 Å². The highest BCUT2D eigenvalue weighted by molar-refractivity contribution is 7.13. The van der Waals surface area contributed by atoms with Gasteiger partial charge >= 0.3 is 0 Å². The minimum absolute atomic E-state index is 0.0810. The van der Waals surface area contributed by atoms with E-state index in [2.05, 4.69) is 20.5 Å². The van der Waals surface area contributed by atoms with Crippen molar-refractivity contribution in [1.82, 2.24) is 14.8 Å². The molecule has 0 aliphatic carbocycles. The Kier molecular flexibility index (Phi) is 6.91. The van der Waals surface area contributed by atoms with Gasteiger partial charge in [0.05, 0.1) is 19.3 Å². The SMILES string of the molecule is COc1cccc(-c2nc(CN3CCN(CC(=O)Nc4ccc(F)cc4)CC3)cs2)c1. The van der Waals surface area contributed by atoms with Crippen molar-refractivity contribution in [3.05, 3.63) is 65.4 Å². The van der Waals surface area contributed by atoms with Crippen LogP contribution in [0.1, 0.15) is 5.69 Å². The second kappa shape index (κ2) is 10.00. The Morgan fingerprint density at radius 2 is 1.87 bits per heavy atom. The number of nitrogens with one attached hydrogen (secondary N) is 1. The van der Waals surface area contributed by atoms with Gasteiger partial charge in [0.15, 0.2) is 0 Å². The van der Waals surface area contributed by atoms with Crippen molar-refractivity contribution >= 4 is 22.9 Å². The molecule has 4 rings (SSSR count). The van der Waals surface area contributed by atoms with Gasteiger partial charge in [0.25, 0.3) is 0 Å². The zero-order valence-corrected chi connectivity index (χ0v) is 18.2. The lowest BCUT2D eigenvalue weighted by Crippen LogP contribution is -2.48. The normalized spacial score (nSPS) is 15.0. The molecule has 0 unspecified atom stereocenters. The van der Waals surface area contributed by atoms with Crippen molar-refractivity contribution in [1.29, 1.82) is 0 Å². The molecule has 8 heteroatoms. The summed E-state index contributed by atoms with van der Waals surface area (Å²) in [5, 5.41) is 5.91. The number of benzene rings is 2. The molecule has 1 saturated heterocycles. The fourth-order valence-electron chi connectivity index (χ4n) is 3.54. The summed E-state index contributed by atoms with van der Waals surface area (Å²) in [5.41, 5.74) is 2.73. The summed E-state index contributed by atoms with van der Waals surface area (Å²) >= 11 is 1.64. The number of piperazine rings is 1. The van der Waals surface area contributed by atoms with E-state index in [0.717, 1.165) is 54.7 Å². The van der Waals surface area contributed by atoms with E-state index in [1.54, 1.807) is 30.6 Å². The van der Waals surface area contributed by atoms with Crippen molar-refractivity contribution in [2.24, 2.45) is 0 Å². The lowest BCUT2D eigenvalue weighted by molar-refractivity contribution is -0.117. The van der Waals surface area contributed by atoms with Crippen LogP contribution >= 0.6 is 11.3 Å². The molecule has 0 saturated carbocycles. The monoisotopic (exact) mass is 440 g/mol. The molecular formula is C23H25FN4O2S. The molecule has 1 aromatic heterocycles. The number of thiazole rings is 1. The summed E-state index contributed by atoms with van der Waals surface area (Å²) in [7, 11) is 1.67. The Morgan fingerprint density at radius 1 is 1.13 bits per heavy atom. The van der Waals surface area contributed by atoms with Crippen molar-refractivity contribution in [2.45, 2.75) is 6.54 Å². The van der Waals surface area contributed by atoms with Crippen molar-refractivity contribution in [3.63, 3.8) is 0 Å². The quantitative estimate of drug-likeness (QED) is 0.607. The van der Waals surface area contributed by atoms with Crippen LogP contribution < -0.4 is 10.1 Å². The third-order valence-corrected chi connectivity index (χ3v) is 6.15. The van der Waals surface area contributed by atoms with Crippen LogP contribution in [0.4, 0.5) is 10.1 Å². The lowest BCUT2D eigenvalue weighted by atomic mass is 10.2. The zero-order chi connectivity index (χ0) is 21.6. The van der Waals surface area contributed by atoms with Crippen LogP contribution in [0.3, 0.4) is 0 Å². The number of hydrogen-bond donors (Lipinski definition) is 1. The molecular weight excluding hydrogens is 415 g/mol. The van der Waals surface area contributed by atoms with Gasteiger partial charge in [-0.15, -0.1) is 11.3 Å². The molecule has 1 fully saturated rings. The molecule has 1 aliphatic rings. The molecule has 0 radical (unpaired) electrons. The van der Waals surface area contributed by atoms with Gasteiger partial charge in [-0.1, -0.05) is 12.1 Å². The van der Waals surface area contributed by atoms with Crippen molar-refractivity contribution < 1.29 is 13.9 Å². The summed E-state index contributed by atoms with van der Waals surface area (Å²) in [4.78, 5) is 21.5. The number of aromatic nitrogens is 1. The third kappa shape index (κ3) is 5.88. The molecule has 0 atom stereocenters. The number of anilines is 1. The van der Waals surface area contributed by atoms with Crippen molar-refractivity contribution in [3.8, 4) is 16.3 Å². The van der Waals surface area contributed by atoms with Crippen molar-refractivity contribution in [2.75, 3.05) is 45.2 Å². The second-order valence-electron chi connectivity index (χ2n) is 7.48. The van der Waals surface area contributed by atoms with E-state index in [1.807, 2.05) is 24.3 Å². The van der Waals surface area contributed by atoms with E-state index < -0.39 is 0 Å². The Labute approximate surface area is 185 Å². The highest BCUT2D eigenvalue weighted by Crippen LogP contribution is 2.27. The summed E-state index contributed by atoms with van der Waals surface area (Å²) in [5.74, 6) is 0.432. The molecule has 0 bridgehead atoms. The van der Waals surface area contributed by atoms with E-state index in [4.69, 9.17) is 9.72 Å². The summed E-state index contributed by atoms with van der Waals surface area (Å²) in [6, 6.07) is 13.8. The fraction of sp³-hybridized carbons (Fsp3) is 0.304. The van der Waals surface area contributed by atoms with Gasteiger partial charge in [0, 0.05) is 49.4 Å². The predicted octanol–water partition coefficient (Wildman–Crippen LogP) is 3.71. The largest absolute Gasteiger partial charge is 0.497 e. The molecule has 1 N–H and O–H groups in total. The standard InChI is InChI=1S/C23H25FN4O2S/c1-30-21-4-2-3-17(13-21)23-26-20(16-31-23)14-27-9-11-28(12-10-27)15-22(29)25-19-7-5-18(24)6-8-19/h2-8,13,16H,9-12,14-15H2,1H3,(H,25,29). The first-order valence-electron chi connectivity index (χ1n) is 10.2. The molecule has 162 valence electrons. The minimum Gasteiger partial charge on any atom is -0.497 e. The van der Waals surface area contributed by atoms with Gasteiger partial charge in [0.2, 0.25) is 5.91 Å². The molecule has 6 nitrogen and oxygen atoms in total. The molecule has 1 amide bonds. The Hall–Kier alpha value is -2.81. The molecule has 3 aromatic rings. The summed E-state index contributed by atoms with van der Waals surface area (Å²) in [6.45, 7) is 4.55. The number of halogens is 1. The van der Waals surface area contributed by atoms with Gasteiger partial charge in [0.1, 0.15) is 16.6 Å². The highest BCUT2D eigenvalue weighted by atomic mass is 32.1. The number of amides is 1. The fourth-order valence-corrected chi connectivity index (χ4v) is 4.35. The van der Waals surface area contributed by atoms with E-state index in [9.17, 15) is 9.18 Å². The van der Waals surface area contributed by atoms with Gasteiger partial charge in [-0.05, 0) is 36.4 Å². The third-order valence-electron chi connectivity index (χ3n) is 5.21. The number of hydrogen-bond acceptors (Lipinski definition) is 6. The Balaban J connectivity index is 1.24. The van der Waals surface area contributed by atoms with Crippen LogP contribution in [0.15, 0.2) is 53.9 Å². The smallest absolute Gasteiger partial charge is 0.238 e. The highest BCUT2D eigenvalue weighted by Gasteiger charge is 2.20. The van der Waals surface area contributed by atoms with Gasteiger partial charge in [-0.3, -0.25) is 14.6 Å². The van der Waals surface area contributed by atoms with Crippen LogP contribution in [-0.4, -0.2) is 60.5 Å². The van der Waals surface area contributed by atoms with Crippen LogP contribution in [0.5, 0.6) is 5.75 Å². The van der Waals surface area contributed by atoms with E-state index in [-0.39, 0.29) is 11.7 Å². The average Bonchev–Trinajstić information content (AvgIpc) is 3.25. The van der Waals surface area contributed by atoms with E-state index in [0.29, 0.717) is 12.2 Å². The van der Waals surface area contributed by atoms with Gasteiger partial charge in [-0.2, -0.15) is 0 Å². The Bertz CT molecular complexity index is 1020. The summed E-state index contributed by atoms with van der Waals surface area (Å²) in [6.07, 6.45) is 0. The number of ether oxygens (including phenoxy) is 1. The van der Waals surface area contributed by atoms with Gasteiger partial charge < -0.3 is 10.1 Å². The topological polar surface area (TPSA) is 57.7 Å². The second-order valence-corrected chi connectivity index (χ2v) is 8.34. The van der Waals surface area contributed by atoms with Crippen LogP contribution in [0.2, 0.25) is 0 Å². The first kappa shape index (κ1) is 21.4. The lowest BCUT2D eigenvalue weighted by Gasteiger charge is -2.33. The Morgan fingerprint density at radius 3 is 2.61 bits per heavy atom.